The highest BCUT2D eigenvalue weighted by atomic mass is 16.5. The average molecular weight is 411 g/mol. The Bertz CT molecular complexity index is 924. The molecule has 0 spiro atoms. The molecule has 3 aromatic rings. The van der Waals surface area contributed by atoms with E-state index >= 15 is 0 Å². The molecule has 0 amide bonds. The fourth-order valence-corrected chi connectivity index (χ4v) is 3.47. The summed E-state index contributed by atoms with van der Waals surface area (Å²) in [6, 6.07) is 10.7. The third-order valence-corrected chi connectivity index (χ3v) is 5.19. The zero-order valence-corrected chi connectivity index (χ0v) is 17.6. The van der Waals surface area contributed by atoms with Crippen LogP contribution in [0.25, 0.3) is 11.2 Å². The minimum atomic E-state index is 0.402. The Labute approximate surface area is 177 Å². The normalized spacial score (nSPS) is 14.8. The van der Waals surface area contributed by atoms with Crippen LogP contribution in [0.15, 0.2) is 36.7 Å². The number of morpholine rings is 1. The van der Waals surface area contributed by atoms with Crippen molar-refractivity contribution in [2.45, 2.75) is 26.3 Å². The van der Waals surface area contributed by atoms with Gasteiger partial charge in [-0.05, 0) is 12.0 Å². The molecule has 0 aliphatic carbocycles. The van der Waals surface area contributed by atoms with E-state index in [1.807, 2.05) is 29.1 Å². The van der Waals surface area contributed by atoms with Gasteiger partial charge >= 0.3 is 6.01 Å². The van der Waals surface area contributed by atoms with E-state index in [1.165, 1.54) is 5.56 Å². The lowest BCUT2D eigenvalue weighted by Crippen LogP contribution is -2.39. The van der Waals surface area contributed by atoms with Gasteiger partial charge in [-0.1, -0.05) is 43.7 Å². The second-order valence-electron chi connectivity index (χ2n) is 7.47. The Kier molecular flexibility index (Phi) is 7.10. The van der Waals surface area contributed by atoms with Crippen molar-refractivity contribution in [3.05, 3.63) is 42.2 Å². The van der Waals surface area contributed by atoms with Gasteiger partial charge in [0.2, 0.25) is 0 Å². The zero-order valence-electron chi connectivity index (χ0n) is 17.6. The van der Waals surface area contributed by atoms with Crippen LogP contribution in [0.1, 0.15) is 25.3 Å². The lowest BCUT2D eigenvalue weighted by Gasteiger charge is -2.26. The number of nitrogens with one attached hydrogen (secondary N) is 1. The van der Waals surface area contributed by atoms with Gasteiger partial charge in [-0.3, -0.25) is 4.90 Å². The lowest BCUT2D eigenvalue weighted by molar-refractivity contribution is 0.0398. The predicted molar refractivity (Wildman–Crippen MR) is 117 cm³/mol. The number of ether oxygens (including phenoxy) is 2. The van der Waals surface area contributed by atoms with Gasteiger partial charge in [-0.2, -0.15) is 9.97 Å². The third-order valence-electron chi connectivity index (χ3n) is 5.19. The number of nitrogens with zero attached hydrogens (tertiary/aromatic N) is 5. The number of fused-ring (bicyclic) bond motifs is 1. The smallest absolute Gasteiger partial charge is 0.320 e. The average Bonchev–Trinajstić information content (AvgIpc) is 3.18. The molecular formula is C22H30N6O2. The molecule has 1 aliphatic heterocycles. The second kappa shape index (κ2) is 10.4. The SMILES string of the molecule is CCCCOc1nc(NCCN2CCOCC2)c2ncn(Cc3ccccc3)c2n1. The molecule has 0 atom stereocenters. The standard InChI is InChI=1S/C22H30N6O2/c1-2-3-13-30-22-25-20(23-9-10-27-11-14-29-15-12-27)19-21(26-22)28(17-24-19)16-18-7-5-4-6-8-18/h4-8,17H,2-3,9-16H2,1H3,(H,23,25,26). The first-order chi connectivity index (χ1) is 14.8. The molecular weight excluding hydrogens is 380 g/mol. The van der Waals surface area contributed by atoms with Crippen LogP contribution in [0.2, 0.25) is 0 Å². The van der Waals surface area contributed by atoms with Gasteiger partial charge in [-0.15, -0.1) is 0 Å². The van der Waals surface area contributed by atoms with Gasteiger partial charge in [0.05, 0.1) is 32.7 Å². The molecule has 3 heterocycles. The number of hydrogen-bond donors (Lipinski definition) is 1. The summed E-state index contributed by atoms with van der Waals surface area (Å²) in [4.78, 5) is 16.3. The molecule has 160 valence electrons. The van der Waals surface area contributed by atoms with Crippen LogP contribution in [0.5, 0.6) is 6.01 Å². The van der Waals surface area contributed by atoms with Gasteiger partial charge in [0.15, 0.2) is 17.0 Å². The first-order valence-electron chi connectivity index (χ1n) is 10.8. The molecule has 1 saturated heterocycles. The largest absolute Gasteiger partial charge is 0.463 e. The number of anilines is 1. The van der Waals surface area contributed by atoms with Crippen LogP contribution in [0, 0.1) is 0 Å². The van der Waals surface area contributed by atoms with E-state index in [1.54, 1.807) is 0 Å². The Hall–Kier alpha value is -2.71. The topological polar surface area (TPSA) is 77.3 Å². The van der Waals surface area contributed by atoms with E-state index < -0.39 is 0 Å². The minimum absolute atomic E-state index is 0.402. The predicted octanol–water partition coefficient (Wildman–Crippen LogP) is 2.80. The van der Waals surface area contributed by atoms with Crippen LogP contribution < -0.4 is 10.1 Å². The number of unbranched alkanes of at least 4 members (excludes halogenated alkanes) is 1. The summed E-state index contributed by atoms with van der Waals surface area (Å²) in [5.41, 5.74) is 2.76. The number of aromatic nitrogens is 4. The fourth-order valence-electron chi connectivity index (χ4n) is 3.47. The molecule has 2 aromatic heterocycles. The van der Waals surface area contributed by atoms with Crippen molar-refractivity contribution in [1.82, 2.24) is 24.4 Å². The molecule has 1 aliphatic rings. The molecule has 0 unspecified atom stereocenters. The summed E-state index contributed by atoms with van der Waals surface area (Å²) >= 11 is 0. The fraction of sp³-hybridized carbons (Fsp3) is 0.500. The summed E-state index contributed by atoms with van der Waals surface area (Å²) in [6.45, 7) is 8.72. The summed E-state index contributed by atoms with van der Waals surface area (Å²) in [5.74, 6) is 0.728. The summed E-state index contributed by atoms with van der Waals surface area (Å²) < 4.78 is 13.3. The Balaban J connectivity index is 1.53. The lowest BCUT2D eigenvalue weighted by atomic mass is 10.2. The molecule has 0 saturated carbocycles. The number of hydrogen-bond acceptors (Lipinski definition) is 7. The first-order valence-corrected chi connectivity index (χ1v) is 10.8. The van der Waals surface area contributed by atoms with Gasteiger partial charge < -0.3 is 19.4 Å². The molecule has 8 heteroatoms. The molecule has 1 aromatic carbocycles. The van der Waals surface area contributed by atoms with E-state index in [0.29, 0.717) is 19.2 Å². The zero-order chi connectivity index (χ0) is 20.6. The van der Waals surface area contributed by atoms with Crippen molar-refractivity contribution in [3.8, 4) is 6.01 Å². The molecule has 4 rings (SSSR count). The van der Waals surface area contributed by atoms with Crippen molar-refractivity contribution in [2.75, 3.05) is 51.3 Å². The van der Waals surface area contributed by atoms with Gasteiger partial charge in [0, 0.05) is 26.2 Å². The minimum Gasteiger partial charge on any atom is -0.463 e. The van der Waals surface area contributed by atoms with Gasteiger partial charge in [0.25, 0.3) is 0 Å². The van der Waals surface area contributed by atoms with E-state index in [4.69, 9.17) is 9.47 Å². The quantitative estimate of drug-likeness (QED) is 0.515. The summed E-state index contributed by atoms with van der Waals surface area (Å²) in [5, 5.41) is 3.45. The number of imidazole rings is 1. The monoisotopic (exact) mass is 410 g/mol. The van der Waals surface area contributed by atoms with Gasteiger partial charge in [0.1, 0.15) is 0 Å². The Morgan fingerprint density at radius 1 is 1.13 bits per heavy atom. The summed E-state index contributed by atoms with van der Waals surface area (Å²) in [7, 11) is 0. The third kappa shape index (κ3) is 5.25. The van der Waals surface area contributed by atoms with Crippen molar-refractivity contribution >= 4 is 17.0 Å². The van der Waals surface area contributed by atoms with E-state index in [-0.39, 0.29) is 0 Å². The second-order valence-corrected chi connectivity index (χ2v) is 7.47. The van der Waals surface area contributed by atoms with Gasteiger partial charge in [-0.25, -0.2) is 4.98 Å². The highest BCUT2D eigenvalue weighted by Gasteiger charge is 2.15. The van der Waals surface area contributed by atoms with Crippen molar-refractivity contribution in [1.29, 1.82) is 0 Å². The highest BCUT2D eigenvalue weighted by Crippen LogP contribution is 2.22. The van der Waals surface area contributed by atoms with Crippen LogP contribution in [-0.4, -0.2) is 70.4 Å². The van der Waals surface area contributed by atoms with E-state index in [0.717, 1.165) is 69.2 Å². The van der Waals surface area contributed by atoms with Crippen molar-refractivity contribution in [2.24, 2.45) is 0 Å². The number of benzene rings is 1. The molecule has 8 nitrogen and oxygen atoms in total. The maximum absolute atomic E-state index is 5.84. The highest BCUT2D eigenvalue weighted by molar-refractivity contribution is 5.83. The maximum atomic E-state index is 5.84. The molecule has 1 fully saturated rings. The Morgan fingerprint density at radius 2 is 1.97 bits per heavy atom. The van der Waals surface area contributed by atoms with Crippen molar-refractivity contribution in [3.63, 3.8) is 0 Å². The molecule has 0 radical (unpaired) electrons. The van der Waals surface area contributed by atoms with Crippen LogP contribution >= 0.6 is 0 Å². The molecule has 1 N–H and O–H groups in total. The van der Waals surface area contributed by atoms with Crippen LogP contribution in [0.4, 0.5) is 5.82 Å². The number of rotatable bonds is 10. The van der Waals surface area contributed by atoms with Crippen LogP contribution in [-0.2, 0) is 11.3 Å². The molecule has 0 bridgehead atoms. The first kappa shape index (κ1) is 20.6. The summed E-state index contributed by atoms with van der Waals surface area (Å²) in [6.07, 6.45) is 3.87. The molecule has 30 heavy (non-hydrogen) atoms. The van der Waals surface area contributed by atoms with E-state index in [2.05, 4.69) is 44.2 Å². The van der Waals surface area contributed by atoms with Crippen molar-refractivity contribution < 1.29 is 9.47 Å². The van der Waals surface area contributed by atoms with Crippen LogP contribution in [0.3, 0.4) is 0 Å². The maximum Gasteiger partial charge on any atom is 0.320 e. The van der Waals surface area contributed by atoms with E-state index in [9.17, 15) is 0 Å². The Morgan fingerprint density at radius 3 is 2.77 bits per heavy atom.